The molecule has 0 heterocycles. The van der Waals surface area contributed by atoms with Crippen LogP contribution in [-0.2, 0) is 32.7 Å². The van der Waals surface area contributed by atoms with E-state index >= 15 is 0 Å². The number of nitrogens with zero attached hydrogens (tertiary/aromatic N) is 1. The van der Waals surface area contributed by atoms with Crippen LogP contribution in [0, 0.1) is 0 Å². The molecule has 0 aromatic heterocycles. The van der Waals surface area contributed by atoms with Crippen molar-refractivity contribution in [2.24, 2.45) is 0 Å². The number of esters is 2. The summed E-state index contributed by atoms with van der Waals surface area (Å²) in [4.78, 5) is 37.4. The van der Waals surface area contributed by atoms with Gasteiger partial charge >= 0.3 is 11.9 Å². The summed E-state index contributed by atoms with van der Waals surface area (Å²) >= 11 is 3.49. The Balaban J connectivity index is 4.35. The Morgan fingerprint density at radius 3 is 1.39 bits per heavy atom. The molecule has 0 rings (SSSR count). The molecular formula is C40H79BrNO8P. The second-order valence-electron chi connectivity index (χ2n) is 15.4. The second kappa shape index (κ2) is 35.2. The number of phosphoric acid groups is 1. The fourth-order valence-electron chi connectivity index (χ4n) is 5.85. The fraction of sp³-hybridized carbons (Fsp3) is 0.950. The number of hydrogen-bond acceptors (Lipinski definition) is 8. The number of quaternary nitrogens is 1. The number of ether oxygens (including phenoxy) is 2. The Hall–Kier alpha value is -0.510. The molecule has 0 saturated carbocycles. The maximum atomic E-state index is 12.6. The van der Waals surface area contributed by atoms with Crippen molar-refractivity contribution in [3.05, 3.63) is 0 Å². The van der Waals surface area contributed by atoms with Crippen LogP contribution in [0.3, 0.4) is 0 Å². The molecule has 0 aliphatic carbocycles. The van der Waals surface area contributed by atoms with Gasteiger partial charge in [0, 0.05) is 18.2 Å². The van der Waals surface area contributed by atoms with Crippen molar-refractivity contribution in [3.63, 3.8) is 0 Å². The first-order valence-corrected chi connectivity index (χ1v) is 23.4. The van der Waals surface area contributed by atoms with E-state index in [1.54, 1.807) is 0 Å². The molecule has 0 saturated heterocycles. The molecule has 0 bridgehead atoms. The maximum absolute atomic E-state index is 12.6. The van der Waals surface area contributed by atoms with Gasteiger partial charge in [-0.1, -0.05) is 171 Å². The predicted molar refractivity (Wildman–Crippen MR) is 212 cm³/mol. The summed E-state index contributed by atoms with van der Waals surface area (Å²) in [5.74, 6) is -0.826. The van der Waals surface area contributed by atoms with Crippen molar-refractivity contribution in [1.82, 2.24) is 0 Å². The molecule has 0 spiro atoms. The van der Waals surface area contributed by atoms with Crippen molar-refractivity contribution >= 4 is 35.7 Å². The molecule has 1 unspecified atom stereocenters. The van der Waals surface area contributed by atoms with Crippen LogP contribution in [0.5, 0.6) is 0 Å². The summed E-state index contributed by atoms with van der Waals surface area (Å²) in [6.07, 6.45) is 31.0. The highest BCUT2D eigenvalue weighted by Gasteiger charge is 2.21. The number of unbranched alkanes of at least 4 members (excludes halogenated alkanes) is 24. The normalized spacial score (nSPS) is 13.6. The molecule has 0 aromatic carbocycles. The van der Waals surface area contributed by atoms with Gasteiger partial charge in [-0.15, -0.1) is 0 Å². The summed E-state index contributed by atoms with van der Waals surface area (Å²) in [6.45, 7) is 1.99. The Morgan fingerprint density at radius 1 is 0.588 bits per heavy atom. The fourth-order valence-corrected chi connectivity index (χ4v) is 6.98. The number of carbonyl (C=O) groups excluding carboxylic acids is 2. The minimum absolute atomic E-state index is 0.0271. The Morgan fingerprint density at radius 2 is 0.980 bits per heavy atom. The lowest BCUT2D eigenvalue weighted by Crippen LogP contribution is -2.37. The molecule has 0 aliphatic rings. The summed E-state index contributed by atoms with van der Waals surface area (Å²) in [7, 11) is 1.18. The molecule has 304 valence electrons. The number of likely N-dealkylation sites (N-methyl/N-ethyl adjacent to an activating group) is 1. The highest BCUT2D eigenvalue weighted by molar-refractivity contribution is 9.09. The van der Waals surface area contributed by atoms with Crippen LogP contribution in [0.1, 0.15) is 187 Å². The minimum atomic E-state index is -4.61. The molecule has 51 heavy (non-hydrogen) atoms. The number of halogens is 1. The van der Waals surface area contributed by atoms with E-state index in [2.05, 4.69) is 22.9 Å². The lowest BCUT2D eigenvalue weighted by molar-refractivity contribution is -0.870. The van der Waals surface area contributed by atoms with Crippen molar-refractivity contribution in [1.29, 1.82) is 0 Å². The molecule has 9 nitrogen and oxygen atoms in total. The number of rotatable bonds is 39. The van der Waals surface area contributed by atoms with Gasteiger partial charge in [-0.2, -0.15) is 0 Å². The van der Waals surface area contributed by atoms with Gasteiger partial charge in [0.1, 0.15) is 19.8 Å². The number of phosphoric ester groups is 1. The maximum Gasteiger partial charge on any atom is 0.306 e. The van der Waals surface area contributed by atoms with Gasteiger partial charge in [-0.05, 0) is 19.3 Å². The molecule has 0 fully saturated rings. The minimum Gasteiger partial charge on any atom is -0.756 e. The summed E-state index contributed by atoms with van der Waals surface area (Å²) in [6, 6.07) is 0. The first kappa shape index (κ1) is 50.5. The zero-order valence-electron chi connectivity index (χ0n) is 33.5. The van der Waals surface area contributed by atoms with Crippen LogP contribution >= 0.6 is 23.8 Å². The summed E-state index contributed by atoms with van der Waals surface area (Å²) in [5.41, 5.74) is 0. The molecule has 0 aliphatic heterocycles. The topological polar surface area (TPSA) is 111 Å². The van der Waals surface area contributed by atoms with E-state index in [4.69, 9.17) is 18.5 Å². The van der Waals surface area contributed by atoms with Gasteiger partial charge < -0.3 is 27.9 Å². The van der Waals surface area contributed by atoms with Crippen molar-refractivity contribution in [2.45, 2.75) is 193 Å². The van der Waals surface area contributed by atoms with Gasteiger partial charge in [-0.3, -0.25) is 14.2 Å². The van der Waals surface area contributed by atoms with Crippen molar-refractivity contribution < 1.29 is 42.1 Å². The van der Waals surface area contributed by atoms with E-state index in [0.717, 1.165) is 37.4 Å². The van der Waals surface area contributed by atoms with E-state index in [1.165, 1.54) is 128 Å². The Bertz CT molecular complexity index is 857. The first-order chi connectivity index (χ1) is 24.5. The highest BCUT2D eigenvalue weighted by atomic mass is 79.9. The number of alkyl halides is 1. The van der Waals surface area contributed by atoms with E-state index in [0.29, 0.717) is 17.4 Å². The number of hydrogen-bond donors (Lipinski definition) is 0. The van der Waals surface area contributed by atoms with Crippen LogP contribution < -0.4 is 4.89 Å². The third-order valence-electron chi connectivity index (χ3n) is 9.16. The van der Waals surface area contributed by atoms with Crippen LogP contribution in [-0.4, -0.2) is 75.4 Å². The van der Waals surface area contributed by atoms with Crippen molar-refractivity contribution in [2.75, 3.05) is 52.8 Å². The summed E-state index contributed by atoms with van der Waals surface area (Å²) < 4.78 is 33.8. The smallest absolute Gasteiger partial charge is 0.306 e. The second-order valence-corrected chi connectivity index (χ2v) is 17.6. The van der Waals surface area contributed by atoms with Gasteiger partial charge in [0.05, 0.1) is 27.7 Å². The number of carbonyl (C=O) groups is 2. The quantitative estimate of drug-likeness (QED) is 0.0198. The zero-order valence-corrected chi connectivity index (χ0v) is 35.9. The molecule has 11 heteroatoms. The van der Waals surface area contributed by atoms with Gasteiger partial charge in [0.25, 0.3) is 7.82 Å². The van der Waals surface area contributed by atoms with Gasteiger partial charge in [0.2, 0.25) is 0 Å². The molecule has 0 radical (unpaired) electrons. The standard InChI is InChI=1S/C40H79BrNO8P/c1-5-6-7-8-9-10-11-13-16-19-22-25-28-31-39(43)47-36-38(37-49-51(45,46)48-35-34-42(2,3)4)50-40(44)32-29-26-23-20-17-14-12-15-18-21-24-27-30-33-41/h38H,5-37H2,1-4H3/t38-/m1/s1. The third kappa shape index (κ3) is 39.0. The molecule has 2 atom stereocenters. The van der Waals surface area contributed by atoms with E-state index in [-0.39, 0.29) is 32.0 Å². The monoisotopic (exact) mass is 811 g/mol. The lowest BCUT2D eigenvalue weighted by Gasteiger charge is -2.28. The van der Waals surface area contributed by atoms with Gasteiger partial charge in [-0.25, -0.2) is 0 Å². The van der Waals surface area contributed by atoms with Crippen LogP contribution in [0.25, 0.3) is 0 Å². The molecule has 0 aromatic rings. The largest absolute Gasteiger partial charge is 0.756 e. The Kier molecular flexibility index (Phi) is 34.9. The van der Waals surface area contributed by atoms with E-state index < -0.39 is 26.5 Å². The molecule has 0 N–H and O–H groups in total. The van der Waals surface area contributed by atoms with Crippen LogP contribution in [0.4, 0.5) is 0 Å². The van der Waals surface area contributed by atoms with Crippen LogP contribution in [0.15, 0.2) is 0 Å². The lowest BCUT2D eigenvalue weighted by atomic mass is 10.0. The van der Waals surface area contributed by atoms with Crippen LogP contribution in [0.2, 0.25) is 0 Å². The predicted octanol–water partition coefficient (Wildman–Crippen LogP) is 11.0. The first-order valence-electron chi connectivity index (χ1n) is 20.8. The highest BCUT2D eigenvalue weighted by Crippen LogP contribution is 2.38. The SMILES string of the molecule is CCCCCCCCCCCCCCCC(=O)OC[C@H](COP(=O)([O-])OCC[N+](C)(C)C)OC(=O)CCCCCCCCCCCCCCCBr. The summed E-state index contributed by atoms with van der Waals surface area (Å²) in [5, 5.41) is 1.11. The zero-order chi connectivity index (χ0) is 37.9. The Labute approximate surface area is 322 Å². The molecule has 0 amide bonds. The third-order valence-corrected chi connectivity index (χ3v) is 10.7. The average Bonchev–Trinajstić information content (AvgIpc) is 3.07. The van der Waals surface area contributed by atoms with E-state index in [1.807, 2.05) is 21.1 Å². The van der Waals surface area contributed by atoms with Crippen molar-refractivity contribution in [3.8, 4) is 0 Å². The van der Waals surface area contributed by atoms with E-state index in [9.17, 15) is 19.0 Å². The average molecular weight is 813 g/mol. The van der Waals surface area contributed by atoms with Gasteiger partial charge in [0.15, 0.2) is 6.10 Å². The molecular weight excluding hydrogens is 733 g/mol.